The zero-order chi connectivity index (χ0) is 21.1. The summed E-state index contributed by atoms with van der Waals surface area (Å²) < 4.78 is 15.4. The van der Waals surface area contributed by atoms with Gasteiger partial charge >= 0.3 is 0 Å². The number of hydrogen-bond donors (Lipinski definition) is 1. The number of carbonyl (C=O) groups excluding carboxylic acids is 1. The van der Waals surface area contributed by atoms with E-state index in [1.165, 1.54) is 40.2 Å². The Hall–Kier alpha value is -2.87. The smallest absolute Gasteiger partial charge is 0.275 e. The Morgan fingerprint density at radius 1 is 1.27 bits per heavy atom. The van der Waals surface area contributed by atoms with Crippen LogP contribution in [0.2, 0.25) is 0 Å². The lowest BCUT2D eigenvalue weighted by molar-refractivity contribution is 0.0945. The van der Waals surface area contributed by atoms with Crippen molar-refractivity contribution in [1.82, 2.24) is 20.1 Å². The summed E-state index contributed by atoms with van der Waals surface area (Å²) in [6.07, 6.45) is 6.15. The largest absolute Gasteiger partial charge is 0.351 e. The molecule has 1 aliphatic rings. The summed E-state index contributed by atoms with van der Waals surface area (Å²) in [6, 6.07) is 7.41. The van der Waals surface area contributed by atoms with Crippen LogP contribution >= 0.6 is 11.3 Å². The fourth-order valence-corrected chi connectivity index (χ4v) is 4.81. The zero-order valence-corrected chi connectivity index (χ0v) is 17.6. The van der Waals surface area contributed by atoms with E-state index in [4.69, 9.17) is 4.98 Å². The van der Waals surface area contributed by atoms with Gasteiger partial charge in [0.05, 0.1) is 10.7 Å². The van der Waals surface area contributed by atoms with Crippen LogP contribution in [0.15, 0.2) is 35.1 Å². The molecule has 0 aliphatic heterocycles. The molecule has 0 fully saturated rings. The van der Waals surface area contributed by atoms with Crippen LogP contribution in [0.25, 0.3) is 5.69 Å². The van der Waals surface area contributed by atoms with Gasteiger partial charge in [-0.15, -0.1) is 11.3 Å². The van der Waals surface area contributed by atoms with Crippen LogP contribution in [0.5, 0.6) is 0 Å². The Morgan fingerprint density at radius 2 is 2.07 bits per heavy atom. The van der Waals surface area contributed by atoms with Crippen molar-refractivity contribution in [3.05, 3.63) is 73.3 Å². The van der Waals surface area contributed by atoms with Gasteiger partial charge in [0.25, 0.3) is 5.91 Å². The molecular weight excluding hydrogens is 403 g/mol. The molecule has 8 heteroatoms. The average molecular weight is 427 g/mol. The van der Waals surface area contributed by atoms with Crippen LogP contribution in [0.3, 0.4) is 0 Å². The van der Waals surface area contributed by atoms with Gasteiger partial charge in [-0.25, -0.2) is 14.1 Å². The molecular formula is C22H23FN4O2S. The van der Waals surface area contributed by atoms with Gasteiger partial charge in [0, 0.05) is 29.6 Å². The average Bonchev–Trinajstić information content (AvgIpc) is 3.15. The number of nitrogens with one attached hydrogen (secondary N) is 1. The molecule has 1 amide bonds. The third-order valence-corrected chi connectivity index (χ3v) is 6.36. The number of benzene rings is 1. The first-order chi connectivity index (χ1) is 14.5. The zero-order valence-electron chi connectivity index (χ0n) is 16.8. The lowest BCUT2D eigenvalue weighted by Gasteiger charge is -2.12. The molecule has 2 aromatic heterocycles. The van der Waals surface area contributed by atoms with Crippen molar-refractivity contribution in [3.8, 4) is 5.69 Å². The van der Waals surface area contributed by atoms with Crippen LogP contribution in [0.1, 0.15) is 51.0 Å². The first-order valence-electron chi connectivity index (χ1n) is 10.1. The molecule has 2 heterocycles. The van der Waals surface area contributed by atoms with Crippen molar-refractivity contribution in [2.24, 2.45) is 0 Å². The van der Waals surface area contributed by atoms with Gasteiger partial charge in [-0.2, -0.15) is 5.10 Å². The van der Waals surface area contributed by atoms with Gasteiger partial charge in [0.1, 0.15) is 11.5 Å². The molecule has 0 saturated heterocycles. The lowest BCUT2D eigenvalue weighted by Crippen LogP contribution is -2.32. The molecule has 0 saturated carbocycles. The second-order valence-electron chi connectivity index (χ2n) is 7.41. The highest BCUT2D eigenvalue weighted by atomic mass is 32.1. The lowest BCUT2D eigenvalue weighted by atomic mass is 10.0. The molecule has 6 nitrogen and oxygen atoms in total. The predicted octanol–water partition coefficient (Wildman–Crippen LogP) is 3.38. The molecule has 0 atom stereocenters. The SMILES string of the molecule is Cc1cc(=O)c(C(=O)NCCCc2nc3c(s2)CCCC3)nn1-c1ccccc1F. The molecule has 1 aliphatic carbocycles. The number of hydrogen-bond acceptors (Lipinski definition) is 5. The van der Waals surface area contributed by atoms with E-state index >= 15 is 0 Å². The maximum atomic E-state index is 14.1. The Bertz CT molecular complexity index is 1110. The number of amides is 1. The first kappa shape index (κ1) is 20.4. The summed E-state index contributed by atoms with van der Waals surface area (Å²) in [6.45, 7) is 2.06. The highest BCUT2D eigenvalue weighted by Gasteiger charge is 2.17. The first-order valence-corrected chi connectivity index (χ1v) is 11.0. The van der Waals surface area contributed by atoms with Gasteiger partial charge in [0.15, 0.2) is 5.69 Å². The molecule has 0 radical (unpaired) electrons. The number of fused-ring (bicyclic) bond motifs is 1. The van der Waals surface area contributed by atoms with Crippen molar-refractivity contribution in [3.63, 3.8) is 0 Å². The number of rotatable bonds is 6. The number of halogens is 1. The van der Waals surface area contributed by atoms with E-state index in [1.54, 1.807) is 36.5 Å². The Morgan fingerprint density at radius 3 is 2.87 bits per heavy atom. The normalized spacial score (nSPS) is 13.1. The topological polar surface area (TPSA) is 76.9 Å². The highest BCUT2D eigenvalue weighted by molar-refractivity contribution is 7.11. The Labute approximate surface area is 177 Å². The second-order valence-corrected chi connectivity index (χ2v) is 8.57. The molecule has 1 aromatic carbocycles. The standard InChI is InChI=1S/C22H23FN4O2S/c1-14-13-18(28)21(26-27(14)17-9-4-2-7-15(17)23)22(29)24-12-6-11-20-25-16-8-3-5-10-19(16)30-20/h2,4,7,9,13H,3,5-6,8,10-12H2,1H3,(H,24,29). The van der Waals surface area contributed by atoms with Crippen LogP contribution in [0, 0.1) is 12.7 Å². The maximum absolute atomic E-state index is 14.1. The third kappa shape index (κ3) is 4.33. The van der Waals surface area contributed by atoms with Crippen molar-refractivity contribution in [2.75, 3.05) is 6.54 Å². The van der Waals surface area contributed by atoms with Gasteiger partial charge < -0.3 is 5.32 Å². The van der Waals surface area contributed by atoms with Gasteiger partial charge in [-0.3, -0.25) is 9.59 Å². The van der Waals surface area contributed by atoms with E-state index in [2.05, 4.69) is 10.4 Å². The van der Waals surface area contributed by atoms with Crippen LogP contribution in [-0.4, -0.2) is 27.2 Å². The van der Waals surface area contributed by atoms with E-state index < -0.39 is 17.2 Å². The van der Waals surface area contributed by atoms with Gasteiger partial charge in [-0.05, 0) is 51.2 Å². The fourth-order valence-electron chi connectivity index (χ4n) is 3.61. The quantitative estimate of drug-likeness (QED) is 0.613. The van der Waals surface area contributed by atoms with E-state index in [9.17, 15) is 14.0 Å². The summed E-state index contributed by atoms with van der Waals surface area (Å²) in [5, 5.41) is 7.98. The number of nitrogens with zero attached hydrogens (tertiary/aromatic N) is 3. The molecule has 30 heavy (non-hydrogen) atoms. The van der Waals surface area contributed by atoms with Crippen LogP contribution in [0.4, 0.5) is 4.39 Å². The Kier molecular flexibility index (Phi) is 6.03. The molecule has 0 unspecified atom stereocenters. The minimum atomic E-state index is -0.552. The monoisotopic (exact) mass is 426 g/mol. The van der Waals surface area contributed by atoms with Gasteiger partial charge in [-0.1, -0.05) is 12.1 Å². The van der Waals surface area contributed by atoms with E-state index in [0.29, 0.717) is 12.2 Å². The predicted molar refractivity (Wildman–Crippen MR) is 114 cm³/mol. The minimum absolute atomic E-state index is 0.191. The molecule has 3 aromatic rings. The number of aromatic nitrogens is 3. The third-order valence-electron chi connectivity index (χ3n) is 5.15. The highest BCUT2D eigenvalue weighted by Crippen LogP contribution is 2.27. The number of thiazole rings is 1. The molecule has 156 valence electrons. The molecule has 1 N–H and O–H groups in total. The minimum Gasteiger partial charge on any atom is -0.351 e. The van der Waals surface area contributed by atoms with Crippen molar-refractivity contribution in [1.29, 1.82) is 0 Å². The number of carbonyl (C=O) groups is 1. The van der Waals surface area contributed by atoms with Gasteiger partial charge in [0.2, 0.25) is 5.43 Å². The molecule has 0 spiro atoms. The van der Waals surface area contributed by atoms with E-state index in [0.717, 1.165) is 30.7 Å². The summed E-state index contributed by atoms with van der Waals surface area (Å²) in [4.78, 5) is 30.9. The van der Waals surface area contributed by atoms with Crippen LogP contribution in [-0.2, 0) is 19.3 Å². The second kappa shape index (κ2) is 8.87. The summed E-state index contributed by atoms with van der Waals surface area (Å²) in [5.74, 6) is -1.03. The number of para-hydroxylation sites is 1. The number of aryl methyl sites for hydroxylation is 4. The van der Waals surface area contributed by atoms with Crippen molar-refractivity contribution >= 4 is 17.2 Å². The molecule has 0 bridgehead atoms. The van der Waals surface area contributed by atoms with Crippen molar-refractivity contribution < 1.29 is 9.18 Å². The summed E-state index contributed by atoms with van der Waals surface area (Å²) in [7, 11) is 0. The summed E-state index contributed by atoms with van der Waals surface area (Å²) >= 11 is 1.77. The summed E-state index contributed by atoms with van der Waals surface area (Å²) in [5.41, 5.74) is 1.16. The maximum Gasteiger partial charge on any atom is 0.275 e. The molecule has 4 rings (SSSR count). The van der Waals surface area contributed by atoms with E-state index in [-0.39, 0.29) is 11.4 Å². The Balaban J connectivity index is 1.41. The van der Waals surface area contributed by atoms with E-state index in [1.807, 2.05) is 0 Å². The van der Waals surface area contributed by atoms with Crippen molar-refractivity contribution in [2.45, 2.75) is 45.4 Å². The fraction of sp³-hybridized carbons (Fsp3) is 0.364. The van der Waals surface area contributed by atoms with Crippen LogP contribution < -0.4 is 10.7 Å².